The molecule has 3 fully saturated rings. The maximum atomic E-state index is 5.53. The Labute approximate surface area is 120 Å². The standard InChI is InChI=1S/C16H23N3O/c1-11-8-15(18-16(17-11)13-2-3-13)19(14-4-5-14)9-12-6-7-20-10-12/h8,12-14H,2-7,9-10H2,1H3/t12-/m1/s1. The summed E-state index contributed by atoms with van der Waals surface area (Å²) in [7, 11) is 0. The second kappa shape index (κ2) is 4.99. The monoisotopic (exact) mass is 273 g/mol. The van der Waals surface area contributed by atoms with Gasteiger partial charge in [0, 0.05) is 42.8 Å². The fourth-order valence-electron chi connectivity index (χ4n) is 3.07. The summed E-state index contributed by atoms with van der Waals surface area (Å²) in [5, 5.41) is 0. The summed E-state index contributed by atoms with van der Waals surface area (Å²) in [5.74, 6) is 3.54. The molecular formula is C16H23N3O. The Hall–Kier alpha value is -1.16. The molecule has 0 bridgehead atoms. The lowest BCUT2D eigenvalue weighted by atomic mass is 10.1. The zero-order valence-corrected chi connectivity index (χ0v) is 12.2. The van der Waals surface area contributed by atoms with Crippen LogP contribution in [0, 0.1) is 12.8 Å². The Kier molecular flexibility index (Phi) is 3.14. The quantitative estimate of drug-likeness (QED) is 0.826. The van der Waals surface area contributed by atoms with Crippen LogP contribution in [0.15, 0.2) is 6.07 Å². The molecule has 4 rings (SSSR count). The predicted molar refractivity (Wildman–Crippen MR) is 78.0 cm³/mol. The third-order valence-corrected chi connectivity index (χ3v) is 4.56. The smallest absolute Gasteiger partial charge is 0.134 e. The maximum Gasteiger partial charge on any atom is 0.134 e. The Morgan fingerprint density at radius 2 is 2.05 bits per heavy atom. The van der Waals surface area contributed by atoms with Gasteiger partial charge < -0.3 is 9.64 Å². The topological polar surface area (TPSA) is 38.2 Å². The Morgan fingerprint density at radius 3 is 2.70 bits per heavy atom. The third-order valence-electron chi connectivity index (χ3n) is 4.56. The van der Waals surface area contributed by atoms with Crippen molar-refractivity contribution in [1.29, 1.82) is 0 Å². The lowest BCUT2D eigenvalue weighted by Crippen LogP contribution is -2.33. The Bertz CT molecular complexity index is 490. The first-order valence-corrected chi connectivity index (χ1v) is 7.99. The molecule has 1 atom stereocenters. The SMILES string of the molecule is Cc1cc(N(C[C@H]2CCOC2)C2CC2)nc(C2CC2)n1. The summed E-state index contributed by atoms with van der Waals surface area (Å²) in [6.07, 6.45) is 6.36. The van der Waals surface area contributed by atoms with Crippen LogP contribution in [0.2, 0.25) is 0 Å². The van der Waals surface area contributed by atoms with E-state index in [0.29, 0.717) is 17.9 Å². The van der Waals surface area contributed by atoms with Gasteiger partial charge in [0.2, 0.25) is 0 Å². The molecule has 2 aliphatic carbocycles. The number of anilines is 1. The summed E-state index contributed by atoms with van der Waals surface area (Å²) >= 11 is 0. The van der Waals surface area contributed by atoms with Crippen LogP contribution in [0.4, 0.5) is 5.82 Å². The van der Waals surface area contributed by atoms with Crippen molar-refractivity contribution in [2.45, 2.75) is 51.0 Å². The highest BCUT2D eigenvalue weighted by Crippen LogP contribution is 2.39. The van der Waals surface area contributed by atoms with Gasteiger partial charge in [0.05, 0.1) is 6.61 Å². The summed E-state index contributed by atoms with van der Waals surface area (Å²) in [5.41, 5.74) is 1.12. The third kappa shape index (κ3) is 2.66. The lowest BCUT2D eigenvalue weighted by molar-refractivity contribution is 0.186. The molecule has 0 aromatic carbocycles. The van der Waals surface area contributed by atoms with E-state index in [4.69, 9.17) is 9.72 Å². The zero-order chi connectivity index (χ0) is 13.5. The van der Waals surface area contributed by atoms with E-state index in [9.17, 15) is 0 Å². The molecule has 20 heavy (non-hydrogen) atoms. The summed E-state index contributed by atoms with van der Waals surface area (Å²) in [6, 6.07) is 2.87. The molecular weight excluding hydrogens is 250 g/mol. The number of rotatable bonds is 5. The van der Waals surface area contributed by atoms with Crippen LogP contribution >= 0.6 is 0 Å². The van der Waals surface area contributed by atoms with Crippen LogP contribution in [-0.4, -0.2) is 35.8 Å². The van der Waals surface area contributed by atoms with Gasteiger partial charge in [0.15, 0.2) is 0 Å². The molecule has 3 aliphatic rings. The number of nitrogens with zero attached hydrogens (tertiary/aromatic N) is 3. The van der Waals surface area contributed by atoms with E-state index in [0.717, 1.165) is 37.1 Å². The average molecular weight is 273 g/mol. The van der Waals surface area contributed by atoms with Gasteiger partial charge in [-0.25, -0.2) is 9.97 Å². The van der Waals surface area contributed by atoms with Gasteiger partial charge in [-0.05, 0) is 39.0 Å². The van der Waals surface area contributed by atoms with Crippen molar-refractivity contribution in [2.24, 2.45) is 5.92 Å². The van der Waals surface area contributed by atoms with Crippen LogP contribution in [0.3, 0.4) is 0 Å². The second-order valence-electron chi connectivity index (χ2n) is 6.61. The lowest BCUT2D eigenvalue weighted by Gasteiger charge is -2.26. The minimum atomic E-state index is 0.629. The first-order chi connectivity index (χ1) is 9.79. The number of hydrogen-bond donors (Lipinski definition) is 0. The van der Waals surface area contributed by atoms with E-state index in [2.05, 4.69) is 22.9 Å². The summed E-state index contributed by atoms with van der Waals surface area (Å²) in [4.78, 5) is 12.0. The van der Waals surface area contributed by atoms with Gasteiger partial charge in [-0.2, -0.15) is 0 Å². The maximum absolute atomic E-state index is 5.53. The normalized spacial score (nSPS) is 25.9. The van der Waals surface area contributed by atoms with Crippen molar-refractivity contribution in [2.75, 3.05) is 24.7 Å². The molecule has 108 valence electrons. The molecule has 0 spiro atoms. The molecule has 1 aromatic heterocycles. The van der Waals surface area contributed by atoms with Crippen LogP contribution < -0.4 is 4.90 Å². The van der Waals surface area contributed by atoms with Crippen molar-refractivity contribution in [3.63, 3.8) is 0 Å². The van der Waals surface area contributed by atoms with Gasteiger partial charge in [-0.15, -0.1) is 0 Å². The molecule has 1 saturated heterocycles. The molecule has 0 amide bonds. The molecule has 0 N–H and O–H groups in total. The minimum Gasteiger partial charge on any atom is -0.381 e. The van der Waals surface area contributed by atoms with Gasteiger partial charge in [-0.1, -0.05) is 0 Å². The van der Waals surface area contributed by atoms with Gasteiger partial charge in [0.1, 0.15) is 11.6 Å². The zero-order valence-electron chi connectivity index (χ0n) is 12.2. The van der Waals surface area contributed by atoms with Crippen molar-refractivity contribution < 1.29 is 4.74 Å². The molecule has 2 saturated carbocycles. The van der Waals surface area contributed by atoms with Gasteiger partial charge in [0.25, 0.3) is 0 Å². The van der Waals surface area contributed by atoms with E-state index in [1.54, 1.807) is 0 Å². The molecule has 0 radical (unpaired) electrons. The minimum absolute atomic E-state index is 0.629. The Morgan fingerprint density at radius 1 is 1.20 bits per heavy atom. The molecule has 4 heteroatoms. The molecule has 1 aliphatic heterocycles. The van der Waals surface area contributed by atoms with Crippen molar-refractivity contribution >= 4 is 5.82 Å². The van der Waals surface area contributed by atoms with Crippen LogP contribution in [-0.2, 0) is 4.74 Å². The van der Waals surface area contributed by atoms with E-state index >= 15 is 0 Å². The predicted octanol–water partition coefficient (Wildman–Crippen LogP) is 2.67. The van der Waals surface area contributed by atoms with Crippen LogP contribution in [0.5, 0.6) is 0 Å². The second-order valence-corrected chi connectivity index (χ2v) is 6.61. The molecule has 2 heterocycles. The average Bonchev–Trinajstić information content (AvgIpc) is 3.35. The largest absolute Gasteiger partial charge is 0.381 e. The number of hydrogen-bond acceptors (Lipinski definition) is 4. The first kappa shape index (κ1) is 12.6. The van der Waals surface area contributed by atoms with E-state index in [-0.39, 0.29) is 0 Å². The number of aromatic nitrogens is 2. The summed E-state index contributed by atoms with van der Waals surface area (Å²) < 4.78 is 5.53. The summed E-state index contributed by atoms with van der Waals surface area (Å²) in [6.45, 7) is 5.05. The van der Waals surface area contributed by atoms with E-state index in [1.807, 2.05) is 0 Å². The first-order valence-electron chi connectivity index (χ1n) is 7.99. The fourth-order valence-corrected chi connectivity index (χ4v) is 3.07. The highest BCUT2D eigenvalue weighted by Gasteiger charge is 2.34. The molecule has 4 nitrogen and oxygen atoms in total. The van der Waals surface area contributed by atoms with Crippen molar-refractivity contribution in [1.82, 2.24) is 9.97 Å². The van der Waals surface area contributed by atoms with Crippen molar-refractivity contribution in [3.8, 4) is 0 Å². The van der Waals surface area contributed by atoms with Crippen LogP contribution in [0.1, 0.15) is 49.5 Å². The van der Waals surface area contributed by atoms with Gasteiger partial charge in [-0.3, -0.25) is 0 Å². The molecule has 0 unspecified atom stereocenters. The highest BCUT2D eigenvalue weighted by atomic mass is 16.5. The van der Waals surface area contributed by atoms with Crippen LogP contribution in [0.25, 0.3) is 0 Å². The van der Waals surface area contributed by atoms with E-state index < -0.39 is 0 Å². The van der Waals surface area contributed by atoms with Crippen molar-refractivity contribution in [3.05, 3.63) is 17.6 Å². The van der Waals surface area contributed by atoms with Gasteiger partial charge >= 0.3 is 0 Å². The number of ether oxygens (including phenoxy) is 1. The fraction of sp³-hybridized carbons (Fsp3) is 0.750. The molecule has 1 aromatic rings. The van der Waals surface area contributed by atoms with E-state index in [1.165, 1.54) is 32.1 Å². The highest BCUT2D eigenvalue weighted by molar-refractivity contribution is 5.43. The Balaban J connectivity index is 1.58. The number of aryl methyl sites for hydroxylation is 1.